The predicted octanol–water partition coefficient (Wildman–Crippen LogP) is 4.22. The number of piperidine rings is 1. The van der Waals surface area contributed by atoms with Crippen LogP contribution in [0.2, 0.25) is 5.02 Å². The highest BCUT2D eigenvalue weighted by Crippen LogP contribution is 2.29. The maximum Gasteiger partial charge on any atom is 0.253 e. The van der Waals surface area contributed by atoms with Crippen LogP contribution in [0.15, 0.2) is 42.6 Å². The van der Waals surface area contributed by atoms with E-state index < -0.39 is 0 Å². The molecule has 134 valence electrons. The summed E-state index contributed by atoms with van der Waals surface area (Å²) in [7, 11) is 0. The van der Waals surface area contributed by atoms with E-state index in [9.17, 15) is 9.18 Å². The lowest BCUT2D eigenvalue weighted by Gasteiger charge is -2.32. The molecule has 1 aliphatic heterocycles. The predicted molar refractivity (Wildman–Crippen MR) is 97.7 cm³/mol. The summed E-state index contributed by atoms with van der Waals surface area (Å²) in [5.74, 6) is -0.210. The third-order valence-corrected chi connectivity index (χ3v) is 4.98. The van der Waals surface area contributed by atoms with E-state index in [2.05, 4.69) is 15.2 Å². The van der Waals surface area contributed by atoms with Crippen molar-refractivity contribution in [3.8, 4) is 11.4 Å². The van der Waals surface area contributed by atoms with E-state index >= 15 is 0 Å². The summed E-state index contributed by atoms with van der Waals surface area (Å²) >= 11 is 5.95. The number of amides is 1. The number of hydrogen-bond acceptors (Lipinski definition) is 2. The molecule has 1 atom stereocenters. The van der Waals surface area contributed by atoms with E-state index in [-0.39, 0.29) is 17.6 Å². The molecule has 2 aromatic heterocycles. The van der Waals surface area contributed by atoms with Gasteiger partial charge >= 0.3 is 0 Å². The molecule has 1 aromatic carbocycles. The summed E-state index contributed by atoms with van der Waals surface area (Å²) in [5, 5.41) is 8.08. The van der Waals surface area contributed by atoms with Gasteiger partial charge in [-0.25, -0.2) is 4.39 Å². The molecule has 3 heterocycles. The molecule has 0 spiro atoms. The standard InChI is InChI=1S/C19H18ClFN4O/c20-14-8-17(22-10-14)18-9-16(23-24-18)13-2-1-7-25(11-13)19(26)12-3-5-15(21)6-4-12/h3-6,8-10,13,22H,1-2,7,11H2,(H,23,24)/t13-/m0/s1. The molecule has 1 aliphatic rings. The monoisotopic (exact) mass is 372 g/mol. The Balaban J connectivity index is 1.49. The minimum absolute atomic E-state index is 0.0643. The zero-order valence-electron chi connectivity index (χ0n) is 14.0. The Bertz CT molecular complexity index is 918. The number of carbonyl (C=O) groups excluding carboxylic acids is 1. The summed E-state index contributed by atoms with van der Waals surface area (Å²) in [5.41, 5.74) is 3.17. The van der Waals surface area contributed by atoms with Crippen molar-refractivity contribution in [1.82, 2.24) is 20.1 Å². The van der Waals surface area contributed by atoms with Crippen LogP contribution in [0, 0.1) is 5.82 Å². The zero-order chi connectivity index (χ0) is 18.1. The van der Waals surface area contributed by atoms with Gasteiger partial charge in [0.25, 0.3) is 5.91 Å². The third kappa shape index (κ3) is 3.37. The Morgan fingerprint density at radius 3 is 2.81 bits per heavy atom. The van der Waals surface area contributed by atoms with Crippen LogP contribution >= 0.6 is 11.6 Å². The van der Waals surface area contributed by atoms with Gasteiger partial charge in [0.05, 0.1) is 10.7 Å². The Morgan fingerprint density at radius 1 is 1.27 bits per heavy atom. The van der Waals surface area contributed by atoms with Gasteiger partial charge in [-0.3, -0.25) is 9.89 Å². The molecule has 0 saturated carbocycles. The van der Waals surface area contributed by atoms with Crippen molar-refractivity contribution >= 4 is 17.5 Å². The highest BCUT2D eigenvalue weighted by Gasteiger charge is 2.27. The Hall–Kier alpha value is -2.60. The smallest absolute Gasteiger partial charge is 0.253 e. The Kier molecular flexibility index (Phi) is 4.51. The van der Waals surface area contributed by atoms with E-state index in [4.69, 9.17) is 11.6 Å². The molecule has 1 fully saturated rings. The number of aromatic nitrogens is 3. The summed E-state index contributed by atoms with van der Waals surface area (Å²) < 4.78 is 13.1. The number of nitrogens with one attached hydrogen (secondary N) is 2. The van der Waals surface area contributed by atoms with Gasteiger partial charge in [-0.1, -0.05) is 11.6 Å². The second-order valence-electron chi connectivity index (χ2n) is 6.54. The summed E-state index contributed by atoms with van der Waals surface area (Å²) in [6.45, 7) is 1.32. The van der Waals surface area contributed by atoms with Crippen molar-refractivity contribution in [1.29, 1.82) is 0 Å². The molecule has 3 aromatic rings. The maximum absolute atomic E-state index is 13.1. The van der Waals surface area contributed by atoms with Gasteiger partial charge in [0.15, 0.2) is 0 Å². The average molecular weight is 373 g/mol. The lowest BCUT2D eigenvalue weighted by molar-refractivity contribution is 0.0706. The van der Waals surface area contributed by atoms with Crippen molar-refractivity contribution < 1.29 is 9.18 Å². The SMILES string of the molecule is O=C(c1ccc(F)cc1)N1CCC[C@H](c2cc(-c3cc(Cl)c[nH]3)n[nH]2)C1. The molecule has 4 rings (SSSR count). The molecule has 5 nitrogen and oxygen atoms in total. The fourth-order valence-electron chi connectivity index (χ4n) is 3.39. The molecule has 0 radical (unpaired) electrons. The van der Waals surface area contributed by atoms with Crippen LogP contribution in [-0.2, 0) is 0 Å². The highest BCUT2D eigenvalue weighted by molar-refractivity contribution is 6.30. The first kappa shape index (κ1) is 16.8. The number of aromatic amines is 2. The van der Waals surface area contributed by atoms with Gasteiger partial charge in [-0.2, -0.15) is 5.10 Å². The molecule has 0 unspecified atom stereocenters. The van der Waals surface area contributed by atoms with Gasteiger partial charge in [0.2, 0.25) is 0 Å². The average Bonchev–Trinajstić information content (AvgIpc) is 3.31. The van der Waals surface area contributed by atoms with Gasteiger partial charge in [0.1, 0.15) is 11.5 Å². The number of likely N-dealkylation sites (tertiary alicyclic amines) is 1. The number of nitrogens with zero attached hydrogens (tertiary/aromatic N) is 2. The van der Waals surface area contributed by atoms with Crippen molar-refractivity contribution in [2.75, 3.05) is 13.1 Å². The Morgan fingerprint density at radius 2 is 2.08 bits per heavy atom. The first-order chi connectivity index (χ1) is 12.6. The van der Waals surface area contributed by atoms with Gasteiger partial charge in [0, 0.05) is 36.5 Å². The van der Waals surface area contributed by atoms with Gasteiger partial charge in [-0.05, 0) is 49.2 Å². The molecule has 2 N–H and O–H groups in total. The fourth-order valence-corrected chi connectivity index (χ4v) is 3.55. The molecular weight excluding hydrogens is 355 g/mol. The number of H-pyrrole nitrogens is 2. The molecule has 1 saturated heterocycles. The lowest BCUT2D eigenvalue weighted by Crippen LogP contribution is -2.39. The number of halogens is 2. The molecule has 1 amide bonds. The maximum atomic E-state index is 13.1. The lowest BCUT2D eigenvalue weighted by atomic mass is 9.94. The second kappa shape index (κ2) is 6.96. The number of benzene rings is 1. The molecule has 0 aliphatic carbocycles. The van der Waals surface area contributed by atoms with E-state index in [1.165, 1.54) is 24.3 Å². The first-order valence-corrected chi connectivity index (χ1v) is 8.92. The minimum atomic E-state index is -0.340. The summed E-state index contributed by atoms with van der Waals surface area (Å²) in [6.07, 6.45) is 3.62. The van der Waals surface area contributed by atoms with Crippen LogP contribution < -0.4 is 0 Å². The van der Waals surface area contributed by atoms with Gasteiger partial charge in [-0.15, -0.1) is 0 Å². The molecule has 7 heteroatoms. The third-order valence-electron chi connectivity index (χ3n) is 4.76. The number of carbonyl (C=O) groups is 1. The zero-order valence-corrected chi connectivity index (χ0v) is 14.8. The quantitative estimate of drug-likeness (QED) is 0.723. The van der Waals surface area contributed by atoms with Crippen LogP contribution in [0.4, 0.5) is 4.39 Å². The second-order valence-corrected chi connectivity index (χ2v) is 6.97. The van der Waals surface area contributed by atoms with Crippen molar-refractivity contribution in [2.45, 2.75) is 18.8 Å². The van der Waals surface area contributed by atoms with Crippen molar-refractivity contribution in [3.05, 3.63) is 64.7 Å². The Labute approximate surface area is 155 Å². The minimum Gasteiger partial charge on any atom is -0.358 e. The number of rotatable bonds is 3. The van der Waals surface area contributed by atoms with Gasteiger partial charge < -0.3 is 9.88 Å². The molecule has 26 heavy (non-hydrogen) atoms. The fraction of sp³-hybridized carbons (Fsp3) is 0.263. The van der Waals surface area contributed by atoms with Crippen LogP contribution in [0.3, 0.4) is 0 Å². The van der Waals surface area contributed by atoms with E-state index in [0.717, 1.165) is 29.9 Å². The molecule has 0 bridgehead atoms. The van der Waals surface area contributed by atoms with Crippen LogP contribution in [0.5, 0.6) is 0 Å². The van der Waals surface area contributed by atoms with Crippen LogP contribution in [0.25, 0.3) is 11.4 Å². The topological polar surface area (TPSA) is 64.8 Å². The first-order valence-electron chi connectivity index (χ1n) is 8.54. The normalized spacial score (nSPS) is 17.5. The van der Waals surface area contributed by atoms with E-state index in [1.807, 2.05) is 17.0 Å². The number of hydrogen-bond donors (Lipinski definition) is 2. The van der Waals surface area contributed by atoms with Crippen LogP contribution in [-0.4, -0.2) is 39.1 Å². The van der Waals surface area contributed by atoms with Crippen LogP contribution in [0.1, 0.15) is 34.8 Å². The molecular formula is C19H18ClFN4O. The van der Waals surface area contributed by atoms with E-state index in [1.54, 1.807) is 6.20 Å². The van der Waals surface area contributed by atoms with Crippen molar-refractivity contribution in [3.63, 3.8) is 0 Å². The summed E-state index contributed by atoms with van der Waals surface area (Å²) in [6, 6.07) is 9.52. The van der Waals surface area contributed by atoms with E-state index in [0.29, 0.717) is 23.7 Å². The summed E-state index contributed by atoms with van der Waals surface area (Å²) in [4.78, 5) is 17.6. The largest absolute Gasteiger partial charge is 0.358 e. The highest BCUT2D eigenvalue weighted by atomic mass is 35.5. The van der Waals surface area contributed by atoms with Crippen molar-refractivity contribution in [2.24, 2.45) is 0 Å².